The van der Waals surface area contributed by atoms with Crippen LogP contribution < -0.4 is 4.90 Å². The van der Waals surface area contributed by atoms with Gasteiger partial charge in [0, 0.05) is 25.3 Å². The summed E-state index contributed by atoms with van der Waals surface area (Å²) in [5.74, 6) is 1.36. The number of esters is 1. The molecule has 0 radical (unpaired) electrons. The van der Waals surface area contributed by atoms with Crippen LogP contribution in [0.25, 0.3) is 11.2 Å². The zero-order valence-corrected chi connectivity index (χ0v) is 13.4. The summed E-state index contributed by atoms with van der Waals surface area (Å²) in [6.45, 7) is 9.13. The number of fused-ring (bicyclic) bond motifs is 1. The van der Waals surface area contributed by atoms with Gasteiger partial charge in [-0.2, -0.15) is 0 Å². The number of imidazole rings is 1. The number of nitrogens with zero attached hydrogens (tertiary/aromatic N) is 4. The molecule has 1 saturated heterocycles. The number of hydrogen-bond donors (Lipinski definition) is 1. The van der Waals surface area contributed by atoms with Crippen molar-refractivity contribution < 1.29 is 9.53 Å². The minimum absolute atomic E-state index is 0.0801. The third-order valence-corrected chi connectivity index (χ3v) is 3.71. The highest BCUT2D eigenvalue weighted by Crippen LogP contribution is 2.29. The average Bonchev–Trinajstić information content (AvgIpc) is 3.03. The van der Waals surface area contributed by atoms with E-state index < -0.39 is 0 Å². The van der Waals surface area contributed by atoms with Gasteiger partial charge >= 0.3 is 5.97 Å². The summed E-state index contributed by atoms with van der Waals surface area (Å²) in [5, 5.41) is 0. The second kappa shape index (κ2) is 5.23. The molecule has 118 valence electrons. The Balaban J connectivity index is 1.96. The molecule has 1 fully saturated rings. The highest BCUT2D eigenvalue weighted by Gasteiger charge is 2.29. The van der Waals surface area contributed by atoms with Crippen LogP contribution in [0.1, 0.15) is 39.9 Å². The molecule has 1 aliphatic heterocycles. The number of anilines is 1. The summed E-state index contributed by atoms with van der Waals surface area (Å²) in [5.41, 5.74) is 1.35. The number of aromatic nitrogens is 4. The largest absolute Gasteiger partial charge is 0.461 e. The number of rotatable bonds is 2. The van der Waals surface area contributed by atoms with Crippen LogP contribution >= 0.6 is 0 Å². The monoisotopic (exact) mass is 303 g/mol. The Morgan fingerprint density at radius 3 is 2.86 bits per heavy atom. The van der Waals surface area contributed by atoms with Gasteiger partial charge in [0.25, 0.3) is 0 Å². The van der Waals surface area contributed by atoms with Gasteiger partial charge in [-0.25, -0.2) is 15.0 Å². The molecule has 1 atom stereocenters. The molecule has 2 aromatic heterocycles. The van der Waals surface area contributed by atoms with Gasteiger partial charge < -0.3 is 14.6 Å². The van der Waals surface area contributed by atoms with Gasteiger partial charge in [-0.15, -0.1) is 0 Å². The van der Waals surface area contributed by atoms with E-state index in [0.717, 1.165) is 30.1 Å². The Hall–Kier alpha value is -2.18. The lowest BCUT2D eigenvalue weighted by molar-refractivity contribution is -0.145. The average molecular weight is 303 g/mol. The number of aromatic amines is 1. The van der Waals surface area contributed by atoms with E-state index in [9.17, 15) is 4.79 Å². The molecule has 7 nitrogen and oxygen atoms in total. The highest BCUT2D eigenvalue weighted by atomic mass is 16.5. The Morgan fingerprint density at radius 2 is 2.18 bits per heavy atom. The predicted octanol–water partition coefficient (Wildman–Crippen LogP) is 1.79. The van der Waals surface area contributed by atoms with Crippen molar-refractivity contribution >= 4 is 23.0 Å². The van der Waals surface area contributed by atoms with Gasteiger partial charge in [0.1, 0.15) is 17.4 Å². The normalized spacial score (nSPS) is 18.9. The topological polar surface area (TPSA) is 84.0 Å². The third-order valence-electron chi connectivity index (χ3n) is 3.71. The van der Waals surface area contributed by atoms with Gasteiger partial charge in [-0.05, 0) is 0 Å². The first kappa shape index (κ1) is 14.7. The molecule has 0 amide bonds. The summed E-state index contributed by atoms with van der Waals surface area (Å²) >= 11 is 0. The molecule has 0 bridgehead atoms. The third kappa shape index (κ3) is 2.75. The van der Waals surface area contributed by atoms with Crippen LogP contribution in [0.3, 0.4) is 0 Å². The van der Waals surface area contributed by atoms with Crippen molar-refractivity contribution in [1.82, 2.24) is 19.9 Å². The lowest BCUT2D eigenvalue weighted by Gasteiger charge is -2.22. The van der Waals surface area contributed by atoms with E-state index in [1.165, 1.54) is 6.92 Å². The molecular formula is C15H21N5O2. The molecular weight excluding hydrogens is 282 g/mol. The van der Waals surface area contributed by atoms with E-state index in [1.54, 1.807) is 6.33 Å². The van der Waals surface area contributed by atoms with E-state index in [4.69, 9.17) is 9.72 Å². The predicted molar refractivity (Wildman–Crippen MR) is 82.8 cm³/mol. The quantitative estimate of drug-likeness (QED) is 0.852. The Morgan fingerprint density at radius 1 is 1.41 bits per heavy atom. The highest BCUT2D eigenvalue weighted by molar-refractivity contribution is 5.83. The lowest BCUT2D eigenvalue weighted by atomic mass is 9.96. The molecule has 1 aliphatic rings. The summed E-state index contributed by atoms with van der Waals surface area (Å²) in [6.07, 6.45) is 2.36. The van der Waals surface area contributed by atoms with Crippen molar-refractivity contribution in [2.45, 2.75) is 45.6 Å². The van der Waals surface area contributed by atoms with Crippen LogP contribution in [0.5, 0.6) is 0 Å². The molecule has 0 saturated carbocycles. The first-order chi connectivity index (χ1) is 10.3. The summed E-state index contributed by atoms with van der Waals surface area (Å²) in [4.78, 5) is 29.9. The van der Waals surface area contributed by atoms with Gasteiger partial charge in [0.2, 0.25) is 0 Å². The zero-order chi connectivity index (χ0) is 15.9. The molecule has 3 rings (SSSR count). The van der Waals surface area contributed by atoms with Crippen LogP contribution in [-0.4, -0.2) is 45.1 Å². The van der Waals surface area contributed by atoms with Gasteiger partial charge in [-0.3, -0.25) is 4.79 Å². The van der Waals surface area contributed by atoms with E-state index in [0.29, 0.717) is 12.2 Å². The molecule has 1 unspecified atom stereocenters. The fourth-order valence-corrected chi connectivity index (χ4v) is 2.63. The Labute approximate surface area is 129 Å². The standard InChI is InChI=1S/C15H21N5O2/c1-9(21)22-10-5-6-20(7-10)13-11-12(17-8-16-11)18-14(19-13)15(2,3)4/h8,10H,5-7H2,1-4H3,(H,16,17,18,19). The molecule has 7 heteroatoms. The van der Waals surface area contributed by atoms with E-state index >= 15 is 0 Å². The zero-order valence-electron chi connectivity index (χ0n) is 13.4. The molecule has 1 N–H and O–H groups in total. The Bertz CT molecular complexity index is 704. The van der Waals surface area contributed by atoms with Crippen molar-refractivity contribution in [1.29, 1.82) is 0 Å². The Kier molecular flexibility index (Phi) is 3.50. The van der Waals surface area contributed by atoms with Crippen LogP contribution in [0, 0.1) is 0 Å². The smallest absolute Gasteiger partial charge is 0.302 e. The van der Waals surface area contributed by atoms with Crippen LogP contribution in [0.4, 0.5) is 5.82 Å². The van der Waals surface area contributed by atoms with Crippen molar-refractivity contribution in [2.75, 3.05) is 18.0 Å². The van der Waals surface area contributed by atoms with Crippen molar-refractivity contribution in [3.63, 3.8) is 0 Å². The fraction of sp³-hybridized carbons (Fsp3) is 0.600. The van der Waals surface area contributed by atoms with Crippen molar-refractivity contribution in [3.05, 3.63) is 12.2 Å². The van der Waals surface area contributed by atoms with Gasteiger partial charge in [0.05, 0.1) is 12.9 Å². The molecule has 0 aromatic carbocycles. The number of carbonyl (C=O) groups is 1. The molecule has 3 heterocycles. The summed E-state index contributed by atoms with van der Waals surface area (Å²) in [6, 6.07) is 0. The maximum Gasteiger partial charge on any atom is 0.302 e. The summed E-state index contributed by atoms with van der Waals surface area (Å²) in [7, 11) is 0. The number of carbonyl (C=O) groups excluding carboxylic acids is 1. The fourth-order valence-electron chi connectivity index (χ4n) is 2.63. The first-order valence-corrected chi connectivity index (χ1v) is 7.48. The maximum absolute atomic E-state index is 11.1. The van der Waals surface area contributed by atoms with Crippen LogP contribution in [0.15, 0.2) is 6.33 Å². The van der Waals surface area contributed by atoms with Crippen molar-refractivity contribution in [2.24, 2.45) is 0 Å². The lowest BCUT2D eigenvalue weighted by Crippen LogP contribution is -2.26. The number of H-pyrrole nitrogens is 1. The van der Waals surface area contributed by atoms with Crippen molar-refractivity contribution in [3.8, 4) is 0 Å². The summed E-state index contributed by atoms with van der Waals surface area (Å²) < 4.78 is 5.30. The van der Waals surface area contributed by atoms with E-state index in [1.807, 2.05) is 0 Å². The minimum atomic E-state index is -0.239. The SMILES string of the molecule is CC(=O)OC1CCN(c2nc(C(C)(C)C)nc3nc[nH]c23)C1. The van der Waals surface area contributed by atoms with Crippen LogP contribution in [-0.2, 0) is 14.9 Å². The second-order valence-electron chi connectivity index (χ2n) is 6.69. The number of hydrogen-bond acceptors (Lipinski definition) is 6. The van der Waals surface area contributed by atoms with E-state index in [-0.39, 0.29) is 17.5 Å². The molecule has 22 heavy (non-hydrogen) atoms. The second-order valence-corrected chi connectivity index (χ2v) is 6.69. The van der Waals surface area contributed by atoms with Crippen LogP contribution in [0.2, 0.25) is 0 Å². The van der Waals surface area contributed by atoms with E-state index in [2.05, 4.69) is 40.6 Å². The maximum atomic E-state index is 11.1. The van der Waals surface area contributed by atoms with Gasteiger partial charge in [0.15, 0.2) is 11.5 Å². The number of ether oxygens (including phenoxy) is 1. The molecule has 0 spiro atoms. The molecule has 0 aliphatic carbocycles. The number of nitrogens with one attached hydrogen (secondary N) is 1. The van der Waals surface area contributed by atoms with Gasteiger partial charge in [-0.1, -0.05) is 20.8 Å². The first-order valence-electron chi connectivity index (χ1n) is 7.48. The minimum Gasteiger partial charge on any atom is -0.461 e. The molecule has 2 aromatic rings.